The molecule has 0 aliphatic rings. The topological polar surface area (TPSA) is 95.8 Å². The number of rotatable bonds is 12. The molecule has 0 aliphatic heterocycles. The molecule has 3 aromatic rings. The van der Waals surface area contributed by atoms with E-state index in [0.717, 1.165) is 0 Å². The van der Waals surface area contributed by atoms with Gasteiger partial charge in [0.1, 0.15) is 0 Å². The lowest BCUT2D eigenvalue weighted by Gasteiger charge is -2.29. The maximum atomic E-state index is 10.3. The van der Waals surface area contributed by atoms with Gasteiger partial charge in [0.2, 0.25) is 0 Å². The summed E-state index contributed by atoms with van der Waals surface area (Å²) >= 11 is 0. The lowest BCUT2D eigenvalue weighted by atomic mass is 10.0. The zero-order chi connectivity index (χ0) is 24.5. The van der Waals surface area contributed by atoms with Gasteiger partial charge in [-0.3, -0.25) is 0 Å². The summed E-state index contributed by atoms with van der Waals surface area (Å²) in [5.41, 5.74) is 1.36. The van der Waals surface area contributed by atoms with Crippen LogP contribution in [0.4, 0.5) is 0 Å². The zero-order valence-electron chi connectivity index (χ0n) is 19.7. The number of para-hydroxylation sites is 2. The highest BCUT2D eigenvalue weighted by atomic mass is 16.6. The SMILES string of the molecule is COc1ccc([C@H](Oc2ccc(CO)cc2OC)[C@H](CO)Oc2ccccc2OC)cc1OC. The van der Waals surface area contributed by atoms with Crippen molar-refractivity contribution in [2.75, 3.05) is 35.0 Å². The molecule has 0 radical (unpaired) electrons. The maximum absolute atomic E-state index is 10.3. The van der Waals surface area contributed by atoms with E-state index in [4.69, 9.17) is 28.4 Å². The molecule has 2 atom stereocenters. The van der Waals surface area contributed by atoms with Crippen molar-refractivity contribution < 1.29 is 38.6 Å². The summed E-state index contributed by atoms with van der Waals surface area (Å²) in [5, 5.41) is 19.8. The van der Waals surface area contributed by atoms with E-state index in [1.165, 1.54) is 7.11 Å². The van der Waals surface area contributed by atoms with E-state index >= 15 is 0 Å². The van der Waals surface area contributed by atoms with Crippen LogP contribution < -0.4 is 28.4 Å². The van der Waals surface area contributed by atoms with Gasteiger partial charge < -0.3 is 38.6 Å². The number of hydrogen-bond acceptors (Lipinski definition) is 8. The van der Waals surface area contributed by atoms with Gasteiger partial charge in [-0.25, -0.2) is 0 Å². The van der Waals surface area contributed by atoms with Gasteiger partial charge in [0.05, 0.1) is 41.7 Å². The normalized spacial score (nSPS) is 12.4. The van der Waals surface area contributed by atoms with Gasteiger partial charge in [0.15, 0.2) is 46.7 Å². The molecule has 0 aromatic heterocycles. The molecule has 0 saturated carbocycles. The highest BCUT2D eigenvalue weighted by Gasteiger charge is 2.30. The van der Waals surface area contributed by atoms with Crippen molar-refractivity contribution in [1.29, 1.82) is 0 Å². The van der Waals surface area contributed by atoms with Crippen LogP contribution in [0.1, 0.15) is 17.2 Å². The van der Waals surface area contributed by atoms with Crippen LogP contribution in [-0.4, -0.2) is 51.4 Å². The summed E-state index contributed by atoms with van der Waals surface area (Å²) < 4.78 is 34.2. The minimum absolute atomic E-state index is 0.133. The van der Waals surface area contributed by atoms with E-state index in [0.29, 0.717) is 45.6 Å². The summed E-state index contributed by atoms with van der Waals surface area (Å²) in [4.78, 5) is 0. The van der Waals surface area contributed by atoms with Gasteiger partial charge >= 0.3 is 0 Å². The van der Waals surface area contributed by atoms with Crippen molar-refractivity contribution in [2.45, 2.75) is 18.8 Å². The third-order valence-corrected chi connectivity index (χ3v) is 5.27. The Morgan fingerprint density at radius 2 is 1.18 bits per heavy atom. The summed E-state index contributed by atoms with van der Waals surface area (Å²) in [5.74, 6) is 2.90. The summed E-state index contributed by atoms with van der Waals surface area (Å²) in [6.07, 6.45) is -1.60. The third-order valence-electron chi connectivity index (χ3n) is 5.27. The van der Waals surface area contributed by atoms with Gasteiger partial charge in [-0.15, -0.1) is 0 Å². The molecule has 0 spiro atoms. The molecule has 0 saturated heterocycles. The first-order valence-electron chi connectivity index (χ1n) is 10.6. The first kappa shape index (κ1) is 25.0. The van der Waals surface area contributed by atoms with Crippen LogP contribution in [0, 0.1) is 0 Å². The van der Waals surface area contributed by atoms with E-state index in [1.54, 1.807) is 63.8 Å². The number of aliphatic hydroxyl groups excluding tert-OH is 2. The molecule has 3 rings (SSSR count). The highest BCUT2D eigenvalue weighted by Crippen LogP contribution is 2.38. The predicted octanol–water partition coefficient (Wildman–Crippen LogP) is 3.77. The Kier molecular flexibility index (Phi) is 8.84. The van der Waals surface area contributed by atoms with Gasteiger partial charge in [-0.1, -0.05) is 24.3 Å². The number of hydrogen-bond donors (Lipinski definition) is 2. The van der Waals surface area contributed by atoms with Gasteiger partial charge in [0, 0.05) is 5.56 Å². The smallest absolute Gasteiger partial charge is 0.163 e. The van der Waals surface area contributed by atoms with Crippen LogP contribution in [-0.2, 0) is 6.61 Å². The second-order valence-corrected chi connectivity index (χ2v) is 7.29. The molecule has 8 nitrogen and oxygen atoms in total. The first-order valence-corrected chi connectivity index (χ1v) is 10.6. The molecule has 0 heterocycles. The molecule has 3 aromatic carbocycles. The Labute approximate surface area is 199 Å². The molecule has 0 amide bonds. The standard InChI is InChI=1S/C26H30O8/c1-29-19-7-5-6-8-21(19)33-25(16-28)26(18-10-12-20(30-2)24(14-18)32-4)34-22-11-9-17(15-27)13-23(22)31-3/h5-14,25-28H,15-16H2,1-4H3/t25-,26-/m0/s1. The average Bonchev–Trinajstić information content (AvgIpc) is 2.90. The molecule has 0 unspecified atom stereocenters. The highest BCUT2D eigenvalue weighted by molar-refractivity contribution is 5.46. The molecule has 34 heavy (non-hydrogen) atoms. The van der Waals surface area contributed by atoms with Crippen molar-refractivity contribution in [3.8, 4) is 34.5 Å². The van der Waals surface area contributed by atoms with Crippen LogP contribution in [0.25, 0.3) is 0 Å². The van der Waals surface area contributed by atoms with Crippen molar-refractivity contribution >= 4 is 0 Å². The Bertz CT molecular complexity index is 1070. The van der Waals surface area contributed by atoms with Crippen molar-refractivity contribution in [1.82, 2.24) is 0 Å². The quantitative estimate of drug-likeness (QED) is 0.413. The number of methoxy groups -OCH3 is 4. The second-order valence-electron chi connectivity index (χ2n) is 7.29. The monoisotopic (exact) mass is 470 g/mol. The number of ether oxygens (including phenoxy) is 6. The fourth-order valence-corrected chi connectivity index (χ4v) is 3.51. The van der Waals surface area contributed by atoms with Crippen molar-refractivity contribution in [3.05, 3.63) is 71.8 Å². The minimum Gasteiger partial charge on any atom is -0.493 e. The molecule has 0 aliphatic carbocycles. The van der Waals surface area contributed by atoms with Gasteiger partial charge in [-0.2, -0.15) is 0 Å². The van der Waals surface area contributed by atoms with Crippen molar-refractivity contribution in [2.24, 2.45) is 0 Å². The van der Waals surface area contributed by atoms with Crippen LogP contribution in [0.15, 0.2) is 60.7 Å². The lowest BCUT2D eigenvalue weighted by molar-refractivity contribution is 0.0121. The van der Waals surface area contributed by atoms with Crippen LogP contribution in [0.2, 0.25) is 0 Å². The van der Waals surface area contributed by atoms with E-state index in [1.807, 2.05) is 18.2 Å². The molecule has 2 N–H and O–H groups in total. The first-order chi connectivity index (χ1) is 16.6. The summed E-state index contributed by atoms with van der Waals surface area (Å²) in [7, 11) is 6.17. The minimum atomic E-state index is -0.823. The van der Waals surface area contributed by atoms with Gasteiger partial charge in [0.25, 0.3) is 0 Å². The Balaban J connectivity index is 2.05. The third kappa shape index (κ3) is 5.65. The maximum Gasteiger partial charge on any atom is 0.163 e. The zero-order valence-corrected chi connectivity index (χ0v) is 19.7. The lowest BCUT2D eigenvalue weighted by Crippen LogP contribution is -2.33. The molecular weight excluding hydrogens is 440 g/mol. The molecule has 182 valence electrons. The molecule has 0 fully saturated rings. The second kappa shape index (κ2) is 12.0. The van der Waals surface area contributed by atoms with Crippen molar-refractivity contribution in [3.63, 3.8) is 0 Å². The molecule has 0 bridgehead atoms. The van der Waals surface area contributed by atoms with Crippen LogP contribution in [0.3, 0.4) is 0 Å². The van der Waals surface area contributed by atoms with E-state index in [2.05, 4.69) is 0 Å². The molecular formula is C26H30O8. The van der Waals surface area contributed by atoms with E-state index in [9.17, 15) is 10.2 Å². The average molecular weight is 471 g/mol. The fraction of sp³-hybridized carbons (Fsp3) is 0.308. The Morgan fingerprint density at radius 3 is 1.79 bits per heavy atom. The number of benzene rings is 3. The Hall–Kier alpha value is -3.62. The van der Waals surface area contributed by atoms with E-state index < -0.39 is 12.2 Å². The summed E-state index contributed by atoms with van der Waals surface area (Å²) in [6, 6.07) is 17.6. The Morgan fingerprint density at radius 1 is 0.618 bits per heavy atom. The largest absolute Gasteiger partial charge is 0.493 e. The molecule has 8 heteroatoms. The van der Waals surface area contributed by atoms with E-state index in [-0.39, 0.29) is 13.2 Å². The summed E-state index contributed by atoms with van der Waals surface area (Å²) in [6.45, 7) is -0.486. The predicted molar refractivity (Wildman–Crippen MR) is 126 cm³/mol. The van der Waals surface area contributed by atoms with Gasteiger partial charge in [-0.05, 0) is 42.0 Å². The fourth-order valence-electron chi connectivity index (χ4n) is 3.51. The van der Waals surface area contributed by atoms with Crippen LogP contribution in [0.5, 0.6) is 34.5 Å². The number of aliphatic hydroxyl groups is 2. The van der Waals surface area contributed by atoms with Crippen LogP contribution >= 0.6 is 0 Å².